The van der Waals surface area contributed by atoms with Crippen LogP contribution in [0, 0.1) is 6.92 Å². The molecule has 0 bridgehead atoms. The van der Waals surface area contributed by atoms with Gasteiger partial charge in [0.05, 0.1) is 32.6 Å². The van der Waals surface area contributed by atoms with Crippen molar-refractivity contribution < 1.29 is 13.9 Å². The summed E-state index contributed by atoms with van der Waals surface area (Å²) in [4.78, 5) is 9.12. The number of piperidine rings is 1. The Morgan fingerprint density at radius 1 is 1.14 bits per heavy atom. The van der Waals surface area contributed by atoms with Crippen molar-refractivity contribution in [1.29, 1.82) is 0 Å². The largest absolute Gasteiger partial charge is 0.493 e. The molecule has 0 atom stereocenters. The molecule has 0 spiro atoms. The lowest BCUT2D eigenvalue weighted by Gasteiger charge is -2.37. The van der Waals surface area contributed by atoms with Crippen LogP contribution < -0.4 is 9.64 Å². The fourth-order valence-electron chi connectivity index (χ4n) is 5.55. The number of halogens is 2. The van der Waals surface area contributed by atoms with Crippen molar-refractivity contribution in [2.45, 2.75) is 44.4 Å². The summed E-state index contributed by atoms with van der Waals surface area (Å²) in [6, 6.07) is 9.86. The van der Waals surface area contributed by atoms with Crippen molar-refractivity contribution in [3.05, 3.63) is 58.3 Å². The zero-order chi connectivity index (χ0) is 24.9. The average Bonchev–Trinajstić information content (AvgIpc) is 3.19. The van der Waals surface area contributed by atoms with Crippen LogP contribution in [0.15, 0.2) is 30.3 Å². The Labute approximate surface area is 215 Å². The van der Waals surface area contributed by atoms with Gasteiger partial charge in [0.2, 0.25) is 0 Å². The number of fused-ring (bicyclic) bond motifs is 3. The van der Waals surface area contributed by atoms with Crippen LogP contribution in [-0.4, -0.2) is 70.3 Å². The molecular formula is C26H30ClFN6O2. The predicted molar refractivity (Wildman–Crippen MR) is 135 cm³/mol. The summed E-state index contributed by atoms with van der Waals surface area (Å²) in [7, 11) is 1.68. The number of aryl methyl sites for hydroxylation is 1. The first-order chi connectivity index (χ1) is 17.4. The summed E-state index contributed by atoms with van der Waals surface area (Å²) >= 11 is 6.37. The molecule has 10 heteroatoms. The first-order valence-electron chi connectivity index (χ1n) is 12.4. The van der Waals surface area contributed by atoms with Crippen molar-refractivity contribution in [3.63, 3.8) is 0 Å². The van der Waals surface area contributed by atoms with Gasteiger partial charge in [-0.2, -0.15) is 0 Å². The van der Waals surface area contributed by atoms with E-state index in [2.05, 4.69) is 24.6 Å². The van der Waals surface area contributed by atoms with E-state index in [9.17, 15) is 4.39 Å². The molecule has 0 amide bonds. The highest BCUT2D eigenvalue weighted by Crippen LogP contribution is 2.37. The van der Waals surface area contributed by atoms with Gasteiger partial charge in [0, 0.05) is 42.8 Å². The van der Waals surface area contributed by atoms with E-state index in [1.807, 2.05) is 37.3 Å². The summed E-state index contributed by atoms with van der Waals surface area (Å²) in [5, 5.41) is 9.93. The topological polar surface area (TPSA) is 68.5 Å². The Kier molecular flexibility index (Phi) is 6.09. The highest BCUT2D eigenvalue weighted by Gasteiger charge is 2.41. The lowest BCUT2D eigenvalue weighted by Crippen LogP contribution is -2.53. The van der Waals surface area contributed by atoms with E-state index in [4.69, 9.17) is 26.1 Å². The second kappa shape index (κ2) is 9.28. The first-order valence-corrected chi connectivity index (χ1v) is 12.8. The van der Waals surface area contributed by atoms with Crippen LogP contribution in [-0.2, 0) is 17.8 Å². The summed E-state index contributed by atoms with van der Waals surface area (Å²) in [6.07, 6.45) is 1.85. The fraction of sp³-hybridized carbons (Fsp3) is 0.500. The lowest BCUT2D eigenvalue weighted by atomic mass is 9.95. The molecule has 36 heavy (non-hydrogen) atoms. The van der Waals surface area contributed by atoms with Crippen molar-refractivity contribution in [2.75, 3.05) is 44.9 Å². The number of aromatic nitrogens is 4. The molecule has 6 rings (SSSR count). The van der Waals surface area contributed by atoms with Gasteiger partial charge in [-0.15, -0.1) is 10.2 Å². The molecule has 0 N–H and O–H groups in total. The van der Waals surface area contributed by atoms with Crippen LogP contribution in [0.4, 0.5) is 10.2 Å². The minimum absolute atomic E-state index is 0.142. The molecule has 8 nitrogen and oxygen atoms in total. The van der Waals surface area contributed by atoms with Crippen molar-refractivity contribution >= 4 is 17.4 Å². The van der Waals surface area contributed by atoms with Gasteiger partial charge >= 0.3 is 0 Å². The second-order valence-corrected chi connectivity index (χ2v) is 10.5. The maximum atomic E-state index is 15.0. The summed E-state index contributed by atoms with van der Waals surface area (Å²) in [6.45, 7) is 5.40. The molecule has 0 radical (unpaired) electrons. The minimum Gasteiger partial charge on any atom is -0.493 e. The number of rotatable bonds is 5. The van der Waals surface area contributed by atoms with Crippen LogP contribution in [0.25, 0.3) is 5.69 Å². The SMILES string of the molecule is COc1ccc(C)nc1N1CCC(c2nnc3n2-c2ccc(Cl)cc2CN(CC2(F)COC2)C3)CC1. The van der Waals surface area contributed by atoms with Gasteiger partial charge in [-0.3, -0.25) is 9.47 Å². The monoisotopic (exact) mass is 512 g/mol. The van der Waals surface area contributed by atoms with Gasteiger partial charge in [0.1, 0.15) is 5.82 Å². The molecular weight excluding hydrogens is 483 g/mol. The van der Waals surface area contributed by atoms with Crippen LogP contribution in [0.2, 0.25) is 5.02 Å². The van der Waals surface area contributed by atoms with Gasteiger partial charge in [0.25, 0.3) is 0 Å². The smallest absolute Gasteiger partial charge is 0.171 e. The van der Waals surface area contributed by atoms with Gasteiger partial charge in [0.15, 0.2) is 23.1 Å². The zero-order valence-electron chi connectivity index (χ0n) is 20.6. The van der Waals surface area contributed by atoms with Gasteiger partial charge in [-0.25, -0.2) is 9.37 Å². The quantitative estimate of drug-likeness (QED) is 0.510. The second-order valence-electron chi connectivity index (χ2n) is 10.1. The van der Waals surface area contributed by atoms with Crippen molar-refractivity contribution in [2.24, 2.45) is 0 Å². The molecule has 190 valence electrons. The van der Waals surface area contributed by atoms with E-state index < -0.39 is 5.67 Å². The molecule has 5 heterocycles. The Balaban J connectivity index is 1.28. The van der Waals surface area contributed by atoms with Gasteiger partial charge in [-0.1, -0.05) is 11.6 Å². The average molecular weight is 513 g/mol. The molecule has 2 fully saturated rings. The van der Waals surface area contributed by atoms with Gasteiger partial charge in [-0.05, 0) is 55.7 Å². The normalized spacial score (nSPS) is 19.8. The number of methoxy groups -OCH3 is 1. The number of nitrogens with zero attached hydrogens (tertiary/aromatic N) is 6. The number of pyridine rings is 1. The molecule has 3 aliphatic heterocycles. The maximum Gasteiger partial charge on any atom is 0.171 e. The minimum atomic E-state index is -1.31. The summed E-state index contributed by atoms with van der Waals surface area (Å²) in [5.74, 6) is 3.73. The van der Waals surface area contributed by atoms with Crippen molar-refractivity contribution in [1.82, 2.24) is 24.6 Å². The van der Waals surface area contributed by atoms with Crippen LogP contribution in [0.1, 0.15) is 41.7 Å². The summed E-state index contributed by atoms with van der Waals surface area (Å²) in [5.41, 5.74) is 1.74. The Morgan fingerprint density at radius 2 is 1.94 bits per heavy atom. The fourth-order valence-corrected chi connectivity index (χ4v) is 5.74. The highest BCUT2D eigenvalue weighted by atomic mass is 35.5. The van der Waals surface area contributed by atoms with E-state index in [-0.39, 0.29) is 19.1 Å². The highest BCUT2D eigenvalue weighted by molar-refractivity contribution is 6.30. The molecule has 0 saturated carbocycles. The van der Waals surface area contributed by atoms with E-state index >= 15 is 0 Å². The summed E-state index contributed by atoms with van der Waals surface area (Å²) < 4.78 is 27.8. The third-order valence-corrected chi connectivity index (χ3v) is 7.62. The number of benzene rings is 1. The molecule has 2 aromatic heterocycles. The molecule has 3 aromatic rings. The zero-order valence-corrected chi connectivity index (χ0v) is 21.3. The molecule has 3 aliphatic rings. The Morgan fingerprint density at radius 3 is 2.67 bits per heavy atom. The van der Waals surface area contributed by atoms with E-state index in [1.54, 1.807) is 7.11 Å². The van der Waals surface area contributed by atoms with E-state index in [1.165, 1.54) is 0 Å². The molecule has 0 unspecified atom stereocenters. The molecule has 0 aliphatic carbocycles. The van der Waals surface area contributed by atoms with E-state index in [0.29, 0.717) is 24.7 Å². The molecule has 1 aromatic carbocycles. The van der Waals surface area contributed by atoms with E-state index in [0.717, 1.165) is 66.1 Å². The Hall–Kier alpha value is -2.75. The molecule has 2 saturated heterocycles. The van der Waals surface area contributed by atoms with Gasteiger partial charge < -0.3 is 14.4 Å². The Bertz CT molecular complexity index is 1270. The van der Waals surface area contributed by atoms with Crippen molar-refractivity contribution in [3.8, 4) is 11.4 Å². The third-order valence-electron chi connectivity index (χ3n) is 7.38. The number of hydrogen-bond acceptors (Lipinski definition) is 7. The maximum absolute atomic E-state index is 15.0. The number of ether oxygens (including phenoxy) is 2. The first kappa shape index (κ1) is 23.6. The number of alkyl halides is 1. The van der Waals surface area contributed by atoms with Crippen LogP contribution >= 0.6 is 11.6 Å². The number of hydrogen-bond donors (Lipinski definition) is 0. The standard InChI is InChI=1S/C26H30ClFN6O2/c1-17-3-6-22(35-2)25(29-17)33-9-7-18(8-10-33)24-31-30-23-13-32(14-26(28)15-36-16-26)12-19-11-20(27)4-5-21(19)34(23)24/h3-6,11,18H,7-10,12-16H2,1-2H3. The third kappa shape index (κ3) is 4.33. The number of anilines is 1. The van der Waals surface area contributed by atoms with Crippen LogP contribution in [0.3, 0.4) is 0 Å². The lowest BCUT2D eigenvalue weighted by molar-refractivity contribution is -0.142. The predicted octanol–water partition coefficient (Wildman–Crippen LogP) is 4.07. The van der Waals surface area contributed by atoms with Crippen LogP contribution in [0.5, 0.6) is 5.75 Å².